The molecule has 132 valence electrons. The average molecular weight is 359 g/mol. The first-order chi connectivity index (χ1) is 12.1. The molecular formula is C19H23ClN4O. The molecule has 1 aliphatic heterocycles. The van der Waals surface area contributed by atoms with Gasteiger partial charge in [0, 0.05) is 30.4 Å². The molecule has 1 spiro atoms. The zero-order valence-corrected chi connectivity index (χ0v) is 15.1. The molecule has 1 amide bonds. The SMILES string of the molecule is Cn1ccnc1C(NC(=O)C1CC12CCNCC2)c1ccc(Cl)cc1. The van der Waals surface area contributed by atoms with Crippen molar-refractivity contribution in [3.63, 3.8) is 0 Å². The van der Waals surface area contributed by atoms with Gasteiger partial charge in [-0.05, 0) is 55.5 Å². The predicted octanol–water partition coefficient (Wildman–Crippen LogP) is 2.67. The van der Waals surface area contributed by atoms with Crippen LogP contribution in [0.25, 0.3) is 0 Å². The number of nitrogens with zero attached hydrogens (tertiary/aromatic N) is 2. The molecule has 2 fully saturated rings. The molecule has 2 aliphatic rings. The quantitative estimate of drug-likeness (QED) is 0.883. The van der Waals surface area contributed by atoms with Gasteiger partial charge in [0.05, 0.1) is 0 Å². The van der Waals surface area contributed by atoms with Crippen molar-refractivity contribution in [1.29, 1.82) is 0 Å². The Labute approximate surface area is 152 Å². The van der Waals surface area contributed by atoms with Gasteiger partial charge in [-0.2, -0.15) is 0 Å². The van der Waals surface area contributed by atoms with Crippen LogP contribution in [-0.2, 0) is 11.8 Å². The maximum Gasteiger partial charge on any atom is 0.224 e. The van der Waals surface area contributed by atoms with Gasteiger partial charge in [-0.25, -0.2) is 4.98 Å². The van der Waals surface area contributed by atoms with Crippen molar-refractivity contribution in [2.24, 2.45) is 18.4 Å². The van der Waals surface area contributed by atoms with Crippen LogP contribution in [0.4, 0.5) is 0 Å². The number of halogens is 1. The lowest BCUT2D eigenvalue weighted by Gasteiger charge is -2.24. The van der Waals surface area contributed by atoms with Gasteiger partial charge in [0.1, 0.15) is 11.9 Å². The van der Waals surface area contributed by atoms with Gasteiger partial charge in [0.25, 0.3) is 0 Å². The maximum absolute atomic E-state index is 12.9. The predicted molar refractivity (Wildman–Crippen MR) is 97.3 cm³/mol. The second-order valence-corrected chi connectivity index (χ2v) is 7.70. The Hall–Kier alpha value is -1.85. The number of imidazole rings is 1. The molecule has 0 bridgehead atoms. The van der Waals surface area contributed by atoms with Gasteiger partial charge >= 0.3 is 0 Å². The van der Waals surface area contributed by atoms with Crippen molar-refractivity contribution < 1.29 is 4.79 Å². The number of carbonyl (C=O) groups is 1. The van der Waals surface area contributed by atoms with E-state index in [4.69, 9.17) is 11.6 Å². The highest BCUT2D eigenvalue weighted by atomic mass is 35.5. The second-order valence-electron chi connectivity index (χ2n) is 7.26. The van der Waals surface area contributed by atoms with E-state index < -0.39 is 0 Å². The minimum atomic E-state index is -0.260. The largest absolute Gasteiger partial charge is 0.342 e. The van der Waals surface area contributed by atoms with Crippen molar-refractivity contribution in [3.05, 3.63) is 53.1 Å². The van der Waals surface area contributed by atoms with Crippen LogP contribution in [-0.4, -0.2) is 28.5 Å². The lowest BCUT2D eigenvalue weighted by Crippen LogP contribution is -2.36. The molecular weight excluding hydrogens is 336 g/mol. The molecule has 2 heterocycles. The third-order valence-electron chi connectivity index (χ3n) is 5.71. The van der Waals surface area contributed by atoms with Gasteiger partial charge in [0.15, 0.2) is 0 Å². The summed E-state index contributed by atoms with van der Waals surface area (Å²) in [5.74, 6) is 1.10. The van der Waals surface area contributed by atoms with Crippen molar-refractivity contribution in [2.75, 3.05) is 13.1 Å². The molecule has 0 radical (unpaired) electrons. The smallest absolute Gasteiger partial charge is 0.224 e. The van der Waals surface area contributed by atoms with Crippen LogP contribution >= 0.6 is 11.6 Å². The maximum atomic E-state index is 12.9. The summed E-state index contributed by atoms with van der Waals surface area (Å²) in [6, 6.07) is 7.35. The third-order valence-corrected chi connectivity index (χ3v) is 5.96. The van der Waals surface area contributed by atoms with Crippen LogP contribution in [0.5, 0.6) is 0 Å². The van der Waals surface area contributed by atoms with Crippen LogP contribution in [0.1, 0.15) is 36.7 Å². The molecule has 6 heteroatoms. The Kier molecular flexibility index (Phi) is 4.29. The normalized spacial score (nSPS) is 22.6. The topological polar surface area (TPSA) is 59.0 Å². The molecule has 2 aromatic rings. The number of amides is 1. The summed E-state index contributed by atoms with van der Waals surface area (Å²) in [5.41, 5.74) is 1.22. The molecule has 1 aromatic carbocycles. The zero-order valence-electron chi connectivity index (χ0n) is 14.3. The number of benzene rings is 1. The summed E-state index contributed by atoms with van der Waals surface area (Å²) in [7, 11) is 1.95. The Bertz CT molecular complexity index is 764. The van der Waals surface area contributed by atoms with E-state index in [1.165, 1.54) is 0 Å². The van der Waals surface area contributed by atoms with Crippen molar-refractivity contribution in [2.45, 2.75) is 25.3 Å². The second kappa shape index (κ2) is 6.46. The molecule has 2 unspecified atom stereocenters. The molecule has 1 aliphatic carbocycles. The monoisotopic (exact) mass is 358 g/mol. The highest BCUT2D eigenvalue weighted by Crippen LogP contribution is 2.58. The van der Waals surface area contributed by atoms with E-state index in [1.807, 2.05) is 42.1 Å². The Morgan fingerprint density at radius 1 is 1.36 bits per heavy atom. The van der Waals surface area contributed by atoms with Crippen molar-refractivity contribution in [1.82, 2.24) is 20.2 Å². The molecule has 4 rings (SSSR count). The van der Waals surface area contributed by atoms with Crippen LogP contribution < -0.4 is 10.6 Å². The number of piperidine rings is 1. The first-order valence-electron chi connectivity index (χ1n) is 8.83. The molecule has 2 N–H and O–H groups in total. The van der Waals surface area contributed by atoms with E-state index in [0.29, 0.717) is 5.02 Å². The summed E-state index contributed by atoms with van der Waals surface area (Å²) >= 11 is 6.02. The van der Waals surface area contributed by atoms with E-state index in [0.717, 1.165) is 43.7 Å². The molecule has 1 aromatic heterocycles. The van der Waals surface area contributed by atoms with E-state index in [-0.39, 0.29) is 23.3 Å². The highest BCUT2D eigenvalue weighted by molar-refractivity contribution is 6.30. The van der Waals surface area contributed by atoms with Gasteiger partial charge < -0.3 is 15.2 Å². The fraction of sp³-hybridized carbons (Fsp3) is 0.474. The molecule has 25 heavy (non-hydrogen) atoms. The summed E-state index contributed by atoms with van der Waals surface area (Å²) < 4.78 is 1.95. The first kappa shape index (κ1) is 16.6. The van der Waals surface area contributed by atoms with Crippen LogP contribution in [0.2, 0.25) is 5.02 Å². The highest BCUT2D eigenvalue weighted by Gasteiger charge is 2.57. The number of rotatable bonds is 4. The lowest BCUT2D eigenvalue weighted by atomic mass is 9.91. The van der Waals surface area contributed by atoms with E-state index in [9.17, 15) is 4.79 Å². The number of carbonyl (C=O) groups excluding carboxylic acids is 1. The molecule has 2 atom stereocenters. The lowest BCUT2D eigenvalue weighted by molar-refractivity contribution is -0.123. The molecule has 1 saturated heterocycles. The first-order valence-corrected chi connectivity index (χ1v) is 9.21. The standard InChI is InChI=1S/C19H23ClN4O/c1-24-11-10-22-17(24)16(13-2-4-14(20)5-3-13)23-18(25)15-12-19(15)6-8-21-9-7-19/h2-5,10-11,15-16,21H,6-9,12H2,1H3,(H,23,25). The summed E-state index contributed by atoms with van der Waals surface area (Å²) in [6.07, 6.45) is 6.86. The number of nitrogens with one attached hydrogen (secondary N) is 2. The summed E-state index contributed by atoms with van der Waals surface area (Å²) in [6.45, 7) is 2.04. The van der Waals surface area contributed by atoms with Gasteiger partial charge in [-0.15, -0.1) is 0 Å². The molecule has 1 saturated carbocycles. The zero-order chi connectivity index (χ0) is 17.4. The molecule has 5 nitrogen and oxygen atoms in total. The van der Waals surface area contributed by atoms with Gasteiger partial charge in [-0.3, -0.25) is 4.79 Å². The number of hydrogen-bond acceptors (Lipinski definition) is 3. The van der Waals surface area contributed by atoms with E-state index >= 15 is 0 Å². The summed E-state index contributed by atoms with van der Waals surface area (Å²) in [4.78, 5) is 17.4. The van der Waals surface area contributed by atoms with Crippen LogP contribution in [0.15, 0.2) is 36.7 Å². The Balaban J connectivity index is 1.56. The minimum absolute atomic E-state index is 0.129. The number of aryl methyl sites for hydroxylation is 1. The average Bonchev–Trinajstić information content (AvgIpc) is 3.13. The Morgan fingerprint density at radius 2 is 2.08 bits per heavy atom. The fourth-order valence-corrected chi connectivity index (χ4v) is 4.17. The Morgan fingerprint density at radius 3 is 2.72 bits per heavy atom. The summed E-state index contributed by atoms with van der Waals surface area (Å²) in [5, 5.41) is 7.31. The van der Waals surface area contributed by atoms with Gasteiger partial charge in [0.2, 0.25) is 5.91 Å². The van der Waals surface area contributed by atoms with E-state index in [1.54, 1.807) is 6.20 Å². The fourth-order valence-electron chi connectivity index (χ4n) is 4.05. The number of aromatic nitrogens is 2. The van der Waals surface area contributed by atoms with Gasteiger partial charge in [-0.1, -0.05) is 23.7 Å². The van der Waals surface area contributed by atoms with Crippen LogP contribution in [0, 0.1) is 11.3 Å². The van der Waals surface area contributed by atoms with Crippen LogP contribution in [0.3, 0.4) is 0 Å². The number of hydrogen-bond donors (Lipinski definition) is 2. The minimum Gasteiger partial charge on any atom is -0.342 e. The third kappa shape index (κ3) is 3.18. The van der Waals surface area contributed by atoms with E-state index in [2.05, 4.69) is 15.6 Å². The van der Waals surface area contributed by atoms with Crippen molar-refractivity contribution >= 4 is 17.5 Å². The van der Waals surface area contributed by atoms with Crippen molar-refractivity contribution in [3.8, 4) is 0 Å².